The van der Waals surface area contributed by atoms with Crippen molar-refractivity contribution in [1.29, 1.82) is 0 Å². The SMILES string of the molecule is O=C(O)c1cc(-c2ccco2)ccc1O. The molecule has 1 aromatic heterocycles. The van der Waals surface area contributed by atoms with Gasteiger partial charge in [-0.05, 0) is 30.3 Å². The zero-order valence-electron chi connectivity index (χ0n) is 7.68. The summed E-state index contributed by atoms with van der Waals surface area (Å²) < 4.78 is 5.12. The molecule has 2 aromatic rings. The van der Waals surface area contributed by atoms with Crippen LogP contribution in [0, 0.1) is 0 Å². The Morgan fingerprint density at radius 1 is 1.27 bits per heavy atom. The zero-order chi connectivity index (χ0) is 10.8. The molecule has 0 aliphatic rings. The smallest absolute Gasteiger partial charge is 0.339 e. The van der Waals surface area contributed by atoms with Crippen molar-refractivity contribution in [2.24, 2.45) is 0 Å². The van der Waals surface area contributed by atoms with Crippen LogP contribution in [-0.4, -0.2) is 16.2 Å². The summed E-state index contributed by atoms with van der Waals surface area (Å²) in [5, 5.41) is 18.1. The highest BCUT2D eigenvalue weighted by molar-refractivity contribution is 5.92. The summed E-state index contributed by atoms with van der Waals surface area (Å²) in [5.74, 6) is -0.851. The second-order valence-corrected chi connectivity index (χ2v) is 3.01. The summed E-state index contributed by atoms with van der Waals surface area (Å²) in [7, 11) is 0. The highest BCUT2D eigenvalue weighted by Gasteiger charge is 2.11. The summed E-state index contributed by atoms with van der Waals surface area (Å²) in [6.07, 6.45) is 1.50. The number of rotatable bonds is 2. The van der Waals surface area contributed by atoms with Crippen molar-refractivity contribution < 1.29 is 19.4 Å². The molecule has 1 aromatic carbocycles. The highest BCUT2D eigenvalue weighted by Crippen LogP contribution is 2.26. The van der Waals surface area contributed by atoms with Crippen LogP contribution >= 0.6 is 0 Å². The van der Waals surface area contributed by atoms with E-state index in [1.54, 1.807) is 18.2 Å². The van der Waals surface area contributed by atoms with Crippen molar-refractivity contribution in [3.05, 3.63) is 42.2 Å². The molecule has 2 N–H and O–H groups in total. The average molecular weight is 204 g/mol. The Morgan fingerprint density at radius 2 is 2.07 bits per heavy atom. The number of phenols is 1. The average Bonchev–Trinajstić information content (AvgIpc) is 2.71. The van der Waals surface area contributed by atoms with Crippen LogP contribution in [0.2, 0.25) is 0 Å². The Balaban J connectivity index is 2.52. The Hall–Kier alpha value is -2.23. The van der Waals surface area contributed by atoms with Crippen LogP contribution in [0.1, 0.15) is 10.4 Å². The molecule has 0 spiro atoms. The molecule has 76 valence electrons. The fraction of sp³-hybridized carbons (Fsp3) is 0. The van der Waals surface area contributed by atoms with Crippen molar-refractivity contribution in [1.82, 2.24) is 0 Å². The molecule has 4 nitrogen and oxygen atoms in total. The first-order chi connectivity index (χ1) is 7.18. The lowest BCUT2D eigenvalue weighted by molar-refractivity contribution is 0.0694. The van der Waals surface area contributed by atoms with Crippen LogP contribution in [0.15, 0.2) is 41.0 Å². The fourth-order valence-electron chi connectivity index (χ4n) is 1.30. The summed E-state index contributed by atoms with van der Waals surface area (Å²) in [6.45, 7) is 0. The number of carboxylic acids is 1. The maximum atomic E-state index is 10.8. The minimum atomic E-state index is -1.17. The van der Waals surface area contributed by atoms with E-state index in [9.17, 15) is 9.90 Å². The third-order valence-corrected chi connectivity index (χ3v) is 2.03. The standard InChI is InChI=1S/C11H8O4/c12-9-4-3-7(6-8(9)11(13)14)10-2-1-5-15-10/h1-6,12H,(H,13,14). The van der Waals surface area contributed by atoms with Crippen LogP contribution in [0.5, 0.6) is 5.75 Å². The number of hydrogen-bond acceptors (Lipinski definition) is 3. The van der Waals surface area contributed by atoms with Crippen molar-refractivity contribution in [3.63, 3.8) is 0 Å². The van der Waals surface area contributed by atoms with E-state index in [1.807, 2.05) is 0 Å². The van der Waals surface area contributed by atoms with Crippen molar-refractivity contribution in [2.75, 3.05) is 0 Å². The molecule has 0 atom stereocenters. The van der Waals surface area contributed by atoms with Crippen molar-refractivity contribution in [3.8, 4) is 17.1 Å². The van der Waals surface area contributed by atoms with E-state index in [1.165, 1.54) is 18.4 Å². The first-order valence-electron chi connectivity index (χ1n) is 4.28. The second kappa shape index (κ2) is 3.49. The van der Waals surface area contributed by atoms with Crippen LogP contribution in [0.4, 0.5) is 0 Å². The number of hydrogen-bond donors (Lipinski definition) is 2. The van der Waals surface area contributed by atoms with Crippen LogP contribution in [0.25, 0.3) is 11.3 Å². The predicted molar refractivity (Wildman–Crippen MR) is 52.8 cm³/mol. The van der Waals surface area contributed by atoms with Gasteiger partial charge in [0, 0.05) is 5.56 Å². The molecular weight excluding hydrogens is 196 g/mol. The van der Waals surface area contributed by atoms with Gasteiger partial charge in [0.05, 0.1) is 6.26 Å². The molecule has 2 rings (SSSR count). The first-order valence-corrected chi connectivity index (χ1v) is 4.28. The lowest BCUT2D eigenvalue weighted by atomic mass is 10.1. The molecule has 0 bridgehead atoms. The van der Waals surface area contributed by atoms with Gasteiger partial charge < -0.3 is 14.6 Å². The van der Waals surface area contributed by atoms with E-state index in [2.05, 4.69) is 0 Å². The molecule has 0 saturated heterocycles. The molecule has 0 unspecified atom stereocenters. The maximum absolute atomic E-state index is 10.8. The molecule has 0 aliphatic heterocycles. The number of carbonyl (C=O) groups is 1. The van der Waals surface area contributed by atoms with Gasteiger partial charge in [-0.3, -0.25) is 0 Å². The van der Waals surface area contributed by atoms with Gasteiger partial charge in [0.2, 0.25) is 0 Å². The lowest BCUT2D eigenvalue weighted by Crippen LogP contribution is -1.96. The molecule has 4 heteroatoms. The Bertz CT molecular complexity index is 485. The zero-order valence-corrected chi connectivity index (χ0v) is 7.68. The van der Waals surface area contributed by atoms with Gasteiger partial charge >= 0.3 is 5.97 Å². The van der Waals surface area contributed by atoms with Gasteiger partial charge in [-0.15, -0.1) is 0 Å². The minimum absolute atomic E-state index is 0.135. The van der Waals surface area contributed by atoms with Crippen LogP contribution in [-0.2, 0) is 0 Å². The second-order valence-electron chi connectivity index (χ2n) is 3.01. The van der Waals surface area contributed by atoms with Crippen LogP contribution < -0.4 is 0 Å². The molecule has 1 heterocycles. The van der Waals surface area contributed by atoms with E-state index < -0.39 is 5.97 Å². The number of aromatic carboxylic acids is 1. The number of furan rings is 1. The van der Waals surface area contributed by atoms with Gasteiger partial charge in [-0.1, -0.05) is 0 Å². The van der Waals surface area contributed by atoms with E-state index in [0.717, 1.165) is 0 Å². The molecular formula is C11H8O4. The van der Waals surface area contributed by atoms with Crippen LogP contribution in [0.3, 0.4) is 0 Å². The topological polar surface area (TPSA) is 70.7 Å². The number of aromatic hydroxyl groups is 1. The van der Waals surface area contributed by atoms with E-state index in [0.29, 0.717) is 11.3 Å². The van der Waals surface area contributed by atoms with Crippen molar-refractivity contribution >= 4 is 5.97 Å². The molecule has 0 saturated carbocycles. The summed E-state index contributed by atoms with van der Waals surface area (Å²) >= 11 is 0. The molecule has 0 aliphatic carbocycles. The molecule has 0 radical (unpaired) electrons. The number of carboxylic acid groups (broad SMARTS) is 1. The van der Waals surface area contributed by atoms with Gasteiger partial charge in [0.15, 0.2) is 0 Å². The highest BCUT2D eigenvalue weighted by atomic mass is 16.4. The van der Waals surface area contributed by atoms with Crippen molar-refractivity contribution in [2.45, 2.75) is 0 Å². The van der Waals surface area contributed by atoms with Gasteiger partial charge in [-0.25, -0.2) is 4.79 Å². The predicted octanol–water partition coefficient (Wildman–Crippen LogP) is 2.35. The first kappa shape index (κ1) is 9.33. The molecule has 0 amide bonds. The third-order valence-electron chi connectivity index (χ3n) is 2.03. The third kappa shape index (κ3) is 1.69. The Kier molecular flexibility index (Phi) is 2.17. The fourth-order valence-corrected chi connectivity index (χ4v) is 1.30. The molecule has 15 heavy (non-hydrogen) atoms. The quantitative estimate of drug-likeness (QED) is 0.787. The normalized spacial score (nSPS) is 10.1. The van der Waals surface area contributed by atoms with Gasteiger partial charge in [-0.2, -0.15) is 0 Å². The lowest BCUT2D eigenvalue weighted by Gasteiger charge is -2.01. The molecule has 0 fully saturated rings. The monoisotopic (exact) mass is 204 g/mol. The summed E-state index contributed by atoms with van der Waals surface area (Å²) in [6, 6.07) is 7.74. The van der Waals surface area contributed by atoms with Gasteiger partial charge in [0.1, 0.15) is 17.1 Å². The largest absolute Gasteiger partial charge is 0.507 e. The Morgan fingerprint density at radius 3 is 2.67 bits per heavy atom. The van der Waals surface area contributed by atoms with E-state index >= 15 is 0 Å². The minimum Gasteiger partial charge on any atom is -0.507 e. The number of benzene rings is 1. The van der Waals surface area contributed by atoms with Gasteiger partial charge in [0.25, 0.3) is 0 Å². The summed E-state index contributed by atoms with van der Waals surface area (Å²) in [4.78, 5) is 10.8. The van der Waals surface area contributed by atoms with E-state index in [-0.39, 0.29) is 11.3 Å². The summed E-state index contributed by atoms with van der Waals surface area (Å²) in [5.41, 5.74) is 0.485. The maximum Gasteiger partial charge on any atom is 0.339 e. The van der Waals surface area contributed by atoms with E-state index in [4.69, 9.17) is 9.52 Å². The Labute approximate surface area is 85.4 Å².